The zero-order valence-corrected chi connectivity index (χ0v) is 14.2. The van der Waals surface area contributed by atoms with Crippen molar-refractivity contribution in [3.05, 3.63) is 45.6 Å². The van der Waals surface area contributed by atoms with E-state index in [1.807, 2.05) is 32.0 Å². The maximum Gasteiger partial charge on any atom is 0.239 e. The molecule has 7 heteroatoms. The highest BCUT2D eigenvalue weighted by Crippen LogP contribution is 2.29. The Labute approximate surface area is 139 Å². The van der Waals surface area contributed by atoms with Crippen LogP contribution in [0.1, 0.15) is 24.2 Å². The number of aromatic nitrogens is 2. The van der Waals surface area contributed by atoms with Crippen LogP contribution in [0.2, 0.25) is 10.0 Å². The normalized spacial score (nSPS) is 12.2. The molecule has 1 aromatic heterocycles. The predicted molar refractivity (Wildman–Crippen MR) is 89.5 cm³/mol. The average Bonchev–Trinajstić information content (AvgIpc) is 2.77. The fraction of sp³-hybridized carbons (Fsp3) is 0.333. The van der Waals surface area contributed by atoms with Gasteiger partial charge in [0, 0.05) is 19.2 Å². The molecule has 2 aromatic rings. The molecule has 118 valence electrons. The van der Waals surface area contributed by atoms with Crippen molar-refractivity contribution in [2.45, 2.75) is 19.9 Å². The quantitative estimate of drug-likeness (QED) is 0.877. The highest BCUT2D eigenvalue weighted by atomic mass is 35.5. The van der Waals surface area contributed by atoms with Gasteiger partial charge in [0.1, 0.15) is 5.82 Å². The van der Waals surface area contributed by atoms with Gasteiger partial charge < -0.3 is 10.6 Å². The van der Waals surface area contributed by atoms with E-state index in [1.165, 1.54) is 0 Å². The SMILES string of the molecule is Cc1cc(NC(=O)CNC(C)c2cccc(Cl)c2Cl)n(C)n1. The largest absolute Gasteiger partial charge is 0.310 e. The van der Waals surface area contributed by atoms with Crippen molar-refractivity contribution in [1.82, 2.24) is 15.1 Å². The molecule has 22 heavy (non-hydrogen) atoms. The summed E-state index contributed by atoms with van der Waals surface area (Å²) in [5.74, 6) is 0.519. The van der Waals surface area contributed by atoms with Crippen molar-refractivity contribution < 1.29 is 4.79 Å². The van der Waals surface area contributed by atoms with Crippen LogP contribution in [0.25, 0.3) is 0 Å². The molecule has 2 rings (SSSR count). The number of aryl methyl sites for hydroxylation is 2. The highest BCUT2D eigenvalue weighted by molar-refractivity contribution is 6.42. The molecule has 0 spiro atoms. The van der Waals surface area contributed by atoms with Gasteiger partial charge in [0.25, 0.3) is 0 Å². The topological polar surface area (TPSA) is 59.0 Å². The number of anilines is 1. The molecule has 0 bridgehead atoms. The van der Waals surface area contributed by atoms with Gasteiger partial charge in [-0.2, -0.15) is 5.10 Å². The van der Waals surface area contributed by atoms with E-state index in [4.69, 9.17) is 23.2 Å². The Bertz CT molecular complexity index is 684. The van der Waals surface area contributed by atoms with Gasteiger partial charge in [0.15, 0.2) is 0 Å². The molecule has 0 aliphatic rings. The Hall–Kier alpha value is -1.56. The third-order valence-electron chi connectivity index (χ3n) is 3.29. The number of halogens is 2. The summed E-state index contributed by atoms with van der Waals surface area (Å²) in [6, 6.07) is 7.17. The molecule has 1 aromatic carbocycles. The third kappa shape index (κ3) is 4.00. The lowest BCUT2D eigenvalue weighted by molar-refractivity contribution is -0.115. The monoisotopic (exact) mass is 340 g/mol. The minimum absolute atomic E-state index is 0.0924. The van der Waals surface area contributed by atoms with Crippen molar-refractivity contribution in [3.63, 3.8) is 0 Å². The smallest absolute Gasteiger partial charge is 0.239 e. The second-order valence-electron chi connectivity index (χ2n) is 5.09. The van der Waals surface area contributed by atoms with Gasteiger partial charge in [-0.05, 0) is 25.5 Å². The Morgan fingerprint density at radius 3 is 2.77 bits per heavy atom. The van der Waals surface area contributed by atoms with E-state index < -0.39 is 0 Å². The molecule has 0 fully saturated rings. The molecule has 1 unspecified atom stereocenters. The summed E-state index contributed by atoms with van der Waals surface area (Å²) in [4.78, 5) is 12.0. The van der Waals surface area contributed by atoms with Crippen molar-refractivity contribution >= 4 is 34.9 Å². The van der Waals surface area contributed by atoms with Gasteiger partial charge in [-0.25, -0.2) is 0 Å². The van der Waals surface area contributed by atoms with Crippen molar-refractivity contribution in [3.8, 4) is 0 Å². The second kappa shape index (κ2) is 7.13. The molecule has 5 nitrogen and oxygen atoms in total. The summed E-state index contributed by atoms with van der Waals surface area (Å²) in [6.45, 7) is 3.96. The van der Waals surface area contributed by atoms with E-state index in [9.17, 15) is 4.79 Å². The van der Waals surface area contributed by atoms with E-state index in [2.05, 4.69) is 15.7 Å². The molecule has 0 saturated heterocycles. The number of hydrogen-bond acceptors (Lipinski definition) is 3. The lowest BCUT2D eigenvalue weighted by Crippen LogP contribution is -2.30. The minimum atomic E-state index is -0.145. The fourth-order valence-electron chi connectivity index (χ4n) is 2.13. The molecular formula is C15H18Cl2N4O. The molecule has 0 radical (unpaired) electrons. The number of nitrogens with zero attached hydrogens (tertiary/aromatic N) is 2. The predicted octanol–water partition coefficient (Wildman–Crippen LogP) is 3.32. The number of amides is 1. The second-order valence-corrected chi connectivity index (χ2v) is 5.87. The van der Waals surface area contributed by atoms with Crippen LogP contribution in [-0.2, 0) is 11.8 Å². The van der Waals surface area contributed by atoms with E-state index in [1.54, 1.807) is 17.8 Å². The molecule has 2 N–H and O–H groups in total. The summed E-state index contributed by atoms with van der Waals surface area (Å²) in [5.41, 5.74) is 1.71. The summed E-state index contributed by atoms with van der Waals surface area (Å²) in [7, 11) is 1.78. The first-order valence-corrected chi connectivity index (χ1v) is 7.62. The molecule has 1 atom stereocenters. The van der Waals surface area contributed by atoms with Crippen LogP contribution in [0.15, 0.2) is 24.3 Å². The number of carbonyl (C=O) groups is 1. The molecule has 1 heterocycles. The molecule has 0 aliphatic carbocycles. The van der Waals surface area contributed by atoms with Crippen LogP contribution >= 0.6 is 23.2 Å². The first kappa shape index (κ1) is 16.8. The van der Waals surface area contributed by atoms with Crippen molar-refractivity contribution in [2.75, 3.05) is 11.9 Å². The maximum absolute atomic E-state index is 12.0. The van der Waals surface area contributed by atoms with Gasteiger partial charge in [-0.3, -0.25) is 9.48 Å². The zero-order valence-electron chi connectivity index (χ0n) is 12.7. The highest BCUT2D eigenvalue weighted by Gasteiger charge is 2.13. The van der Waals surface area contributed by atoms with Crippen LogP contribution in [0, 0.1) is 6.92 Å². The Morgan fingerprint density at radius 2 is 2.14 bits per heavy atom. The van der Waals surface area contributed by atoms with Crippen LogP contribution in [0.4, 0.5) is 5.82 Å². The Kier molecular flexibility index (Phi) is 5.45. The maximum atomic E-state index is 12.0. The summed E-state index contributed by atoms with van der Waals surface area (Å²) in [6.07, 6.45) is 0. The van der Waals surface area contributed by atoms with E-state index >= 15 is 0 Å². The van der Waals surface area contributed by atoms with Gasteiger partial charge >= 0.3 is 0 Å². The number of carbonyl (C=O) groups excluding carboxylic acids is 1. The summed E-state index contributed by atoms with van der Waals surface area (Å²) < 4.78 is 1.63. The van der Waals surface area contributed by atoms with Crippen LogP contribution in [0.5, 0.6) is 0 Å². The number of nitrogens with one attached hydrogen (secondary N) is 2. The van der Waals surface area contributed by atoms with E-state index in [-0.39, 0.29) is 18.5 Å². The lowest BCUT2D eigenvalue weighted by atomic mass is 10.1. The number of rotatable bonds is 5. The van der Waals surface area contributed by atoms with Gasteiger partial charge in [-0.1, -0.05) is 35.3 Å². The average molecular weight is 341 g/mol. The van der Waals surface area contributed by atoms with Crippen LogP contribution < -0.4 is 10.6 Å². The van der Waals surface area contributed by atoms with Crippen molar-refractivity contribution in [2.24, 2.45) is 7.05 Å². The fourth-order valence-corrected chi connectivity index (χ4v) is 2.60. The zero-order chi connectivity index (χ0) is 16.3. The standard InChI is InChI=1S/C15H18Cl2N4O/c1-9-7-13(21(3)20-9)19-14(22)8-18-10(2)11-5-4-6-12(16)15(11)17/h4-7,10,18H,8H2,1-3H3,(H,19,22). The molecular weight excluding hydrogens is 323 g/mol. The van der Waals surface area contributed by atoms with Gasteiger partial charge in [0.05, 0.1) is 22.3 Å². The first-order chi connectivity index (χ1) is 10.4. The Morgan fingerprint density at radius 1 is 1.41 bits per heavy atom. The number of benzene rings is 1. The van der Waals surface area contributed by atoms with Crippen LogP contribution in [-0.4, -0.2) is 22.2 Å². The van der Waals surface area contributed by atoms with E-state index in [0.29, 0.717) is 15.9 Å². The van der Waals surface area contributed by atoms with Crippen molar-refractivity contribution in [1.29, 1.82) is 0 Å². The first-order valence-electron chi connectivity index (χ1n) is 6.86. The van der Waals surface area contributed by atoms with E-state index in [0.717, 1.165) is 11.3 Å². The molecule has 1 amide bonds. The molecule has 0 aliphatic heterocycles. The lowest BCUT2D eigenvalue weighted by Gasteiger charge is -2.16. The third-order valence-corrected chi connectivity index (χ3v) is 4.12. The van der Waals surface area contributed by atoms with Gasteiger partial charge in [-0.15, -0.1) is 0 Å². The van der Waals surface area contributed by atoms with Gasteiger partial charge in [0.2, 0.25) is 5.91 Å². The number of hydrogen-bond donors (Lipinski definition) is 2. The van der Waals surface area contributed by atoms with Crippen LogP contribution in [0.3, 0.4) is 0 Å². The Balaban J connectivity index is 1.93. The summed E-state index contributed by atoms with van der Waals surface area (Å²) in [5, 5.41) is 11.1. The molecule has 0 saturated carbocycles. The summed E-state index contributed by atoms with van der Waals surface area (Å²) >= 11 is 12.2. The minimum Gasteiger partial charge on any atom is -0.310 e.